The summed E-state index contributed by atoms with van der Waals surface area (Å²) in [6.45, 7) is 0. The van der Waals surface area contributed by atoms with Crippen molar-refractivity contribution in [2.75, 3.05) is 17.3 Å². The van der Waals surface area contributed by atoms with Gasteiger partial charge in [0.25, 0.3) is 11.8 Å². The lowest BCUT2D eigenvalue weighted by molar-refractivity contribution is -0.389. The molecule has 1 N–H and O–H groups in total. The molecule has 1 unspecified atom stereocenters. The second-order valence-corrected chi connectivity index (χ2v) is 11.0. The molecule has 0 fully saturated rings. The Morgan fingerprint density at radius 3 is 1.93 bits per heavy atom. The van der Waals surface area contributed by atoms with Crippen LogP contribution in [0.3, 0.4) is 0 Å². The second-order valence-electron chi connectivity index (χ2n) is 8.28. The highest BCUT2D eigenvalue weighted by atomic mass is 127. The summed E-state index contributed by atoms with van der Waals surface area (Å²) in [5, 5.41) is 2.48. The van der Waals surface area contributed by atoms with Crippen molar-refractivity contribution >= 4 is 80.0 Å². The highest BCUT2D eigenvalue weighted by molar-refractivity contribution is 14.1. The van der Waals surface area contributed by atoms with Gasteiger partial charge in [-0.2, -0.15) is 35.1 Å². The molecule has 0 aliphatic carbocycles. The normalized spacial score (nSPS) is 13.9. The number of carbonyl (C=O) groups is 2. The number of amides is 2. The van der Waals surface area contributed by atoms with E-state index in [0.717, 1.165) is 0 Å². The molecule has 2 aromatic carbocycles. The SMILES string of the molecule is CN(C(=O)c1ccc(Cl)nc1)c1cccc(C(=O)Nc2c(I)cc(C(F)(C(F)(F)F)C(F)(F)C(F)(F)F)cc2I)c1. The fraction of sp³-hybridized carbons (Fsp3) is 0.208. The number of carbonyl (C=O) groups excluding carboxylic acids is 2. The van der Waals surface area contributed by atoms with E-state index in [1.165, 1.54) is 99.7 Å². The first-order valence-corrected chi connectivity index (χ1v) is 13.3. The quantitative estimate of drug-likeness (QED) is 0.154. The van der Waals surface area contributed by atoms with E-state index in [-0.39, 0.29) is 39.8 Å². The third-order valence-electron chi connectivity index (χ3n) is 5.63. The van der Waals surface area contributed by atoms with Gasteiger partial charge in [-0.1, -0.05) is 17.7 Å². The minimum atomic E-state index is -6.87. The van der Waals surface area contributed by atoms with Gasteiger partial charge in [0.1, 0.15) is 5.15 Å². The van der Waals surface area contributed by atoms with E-state index < -0.39 is 48.5 Å². The topological polar surface area (TPSA) is 62.3 Å². The lowest BCUT2D eigenvalue weighted by Crippen LogP contribution is -2.59. The molecule has 0 spiro atoms. The van der Waals surface area contributed by atoms with Crippen LogP contribution >= 0.6 is 56.8 Å². The van der Waals surface area contributed by atoms with Crippen molar-refractivity contribution in [3.8, 4) is 0 Å². The van der Waals surface area contributed by atoms with E-state index in [4.69, 9.17) is 11.6 Å². The lowest BCUT2D eigenvalue weighted by atomic mass is 9.87. The van der Waals surface area contributed by atoms with Crippen LogP contribution in [0.5, 0.6) is 0 Å². The first kappa shape index (κ1) is 33.2. The highest BCUT2D eigenvalue weighted by Crippen LogP contribution is 2.58. The van der Waals surface area contributed by atoms with Crippen LogP contribution in [0.15, 0.2) is 54.7 Å². The van der Waals surface area contributed by atoms with E-state index in [0.29, 0.717) is 0 Å². The van der Waals surface area contributed by atoms with Crippen molar-refractivity contribution in [2.24, 2.45) is 0 Å². The number of benzene rings is 2. The van der Waals surface area contributed by atoms with Gasteiger partial charge in [0, 0.05) is 37.2 Å². The molecular formula is C24H13ClF9I2N3O2. The summed E-state index contributed by atoms with van der Waals surface area (Å²) in [4.78, 5) is 30.7. The third-order valence-corrected chi connectivity index (χ3v) is 7.56. The van der Waals surface area contributed by atoms with Crippen molar-refractivity contribution in [1.82, 2.24) is 4.98 Å². The summed E-state index contributed by atoms with van der Waals surface area (Å²) in [7, 11) is 1.40. The Labute approximate surface area is 257 Å². The molecule has 3 aromatic rings. The summed E-state index contributed by atoms with van der Waals surface area (Å²) in [6.07, 6.45) is -12.3. The average Bonchev–Trinajstić information content (AvgIpc) is 2.88. The lowest BCUT2D eigenvalue weighted by Gasteiger charge is -2.36. The van der Waals surface area contributed by atoms with E-state index in [9.17, 15) is 49.1 Å². The number of anilines is 2. The van der Waals surface area contributed by atoms with Crippen molar-refractivity contribution < 1.29 is 49.1 Å². The molecule has 1 aromatic heterocycles. The van der Waals surface area contributed by atoms with E-state index in [1.54, 1.807) is 0 Å². The van der Waals surface area contributed by atoms with Crippen LogP contribution in [0.2, 0.25) is 5.15 Å². The molecule has 1 atom stereocenters. The smallest absolute Gasteiger partial charge is 0.320 e. The maximum absolute atomic E-state index is 14.9. The van der Waals surface area contributed by atoms with Gasteiger partial charge in [-0.3, -0.25) is 9.59 Å². The van der Waals surface area contributed by atoms with Gasteiger partial charge in [0.05, 0.1) is 11.3 Å². The number of aromatic nitrogens is 1. The Hall–Kier alpha value is -2.35. The standard InChI is InChI=1S/C24H13ClF9I2N3O2/c1-39(20(41)12-5-6-17(25)37-10-12)14-4-2-3-11(7-14)19(40)38-18-15(35)8-13(9-16(18)36)21(26,23(29,30)31)22(27,28)24(32,33)34/h2-10H,1H3,(H,38,40). The molecule has 0 saturated heterocycles. The molecule has 0 aliphatic heterocycles. The maximum Gasteiger partial charge on any atom is 0.457 e. The minimum Gasteiger partial charge on any atom is -0.320 e. The molecular weight excluding hydrogens is 823 g/mol. The molecule has 0 radical (unpaired) electrons. The summed E-state index contributed by atoms with van der Waals surface area (Å²) in [5.41, 5.74) is -8.05. The third kappa shape index (κ3) is 6.37. The first-order chi connectivity index (χ1) is 18.7. The predicted octanol–water partition coefficient (Wildman–Crippen LogP) is 8.40. The Bertz CT molecular complexity index is 1460. The number of rotatable bonds is 6. The molecule has 1 heterocycles. The zero-order chi connectivity index (χ0) is 31.1. The van der Waals surface area contributed by atoms with Crippen LogP contribution in [0.4, 0.5) is 50.9 Å². The van der Waals surface area contributed by atoms with Crippen LogP contribution in [0.1, 0.15) is 26.3 Å². The molecule has 0 saturated carbocycles. The highest BCUT2D eigenvalue weighted by Gasteiger charge is 2.81. The van der Waals surface area contributed by atoms with Gasteiger partial charge >= 0.3 is 23.9 Å². The number of halogens is 12. The molecule has 220 valence electrons. The van der Waals surface area contributed by atoms with E-state index in [2.05, 4.69) is 10.3 Å². The number of nitrogens with one attached hydrogen (secondary N) is 1. The van der Waals surface area contributed by atoms with Gasteiger partial charge in [-0.25, -0.2) is 9.37 Å². The second kappa shape index (κ2) is 11.7. The van der Waals surface area contributed by atoms with Crippen molar-refractivity contribution in [1.29, 1.82) is 0 Å². The molecule has 3 rings (SSSR count). The number of alkyl halides is 9. The Kier molecular flexibility index (Phi) is 9.49. The average molecular weight is 836 g/mol. The zero-order valence-corrected chi connectivity index (χ0v) is 25.0. The minimum absolute atomic E-state index is 0.0641. The van der Waals surface area contributed by atoms with Gasteiger partial charge < -0.3 is 10.2 Å². The van der Waals surface area contributed by atoms with Crippen LogP contribution in [0, 0.1) is 7.14 Å². The predicted molar refractivity (Wildman–Crippen MR) is 148 cm³/mol. The number of hydrogen-bond acceptors (Lipinski definition) is 3. The molecule has 0 aliphatic rings. The first-order valence-electron chi connectivity index (χ1n) is 10.7. The monoisotopic (exact) mass is 835 g/mol. The number of pyridine rings is 1. The van der Waals surface area contributed by atoms with Crippen LogP contribution in [-0.2, 0) is 5.67 Å². The number of nitrogens with zero attached hydrogens (tertiary/aromatic N) is 2. The van der Waals surface area contributed by atoms with Gasteiger partial charge in [0.15, 0.2) is 0 Å². The Balaban J connectivity index is 1.94. The molecule has 0 bridgehead atoms. The molecule has 5 nitrogen and oxygen atoms in total. The van der Waals surface area contributed by atoms with Gasteiger partial charge in [0.2, 0.25) is 0 Å². The summed E-state index contributed by atoms with van der Waals surface area (Å²) < 4.78 is 121. The van der Waals surface area contributed by atoms with Gasteiger partial charge in [-0.05, 0) is 87.6 Å². The van der Waals surface area contributed by atoms with Crippen LogP contribution in [0.25, 0.3) is 0 Å². The van der Waals surface area contributed by atoms with Crippen molar-refractivity contribution in [2.45, 2.75) is 23.9 Å². The maximum atomic E-state index is 14.9. The van der Waals surface area contributed by atoms with Crippen molar-refractivity contribution in [3.63, 3.8) is 0 Å². The van der Waals surface area contributed by atoms with E-state index in [1.807, 2.05) is 0 Å². The fourth-order valence-corrected chi connectivity index (χ4v) is 5.61. The van der Waals surface area contributed by atoms with Crippen LogP contribution in [-0.4, -0.2) is 42.1 Å². The van der Waals surface area contributed by atoms with E-state index >= 15 is 0 Å². The largest absolute Gasteiger partial charge is 0.457 e. The Morgan fingerprint density at radius 2 is 1.44 bits per heavy atom. The van der Waals surface area contributed by atoms with Gasteiger partial charge in [-0.15, -0.1) is 0 Å². The van der Waals surface area contributed by atoms with Crippen LogP contribution < -0.4 is 10.2 Å². The summed E-state index contributed by atoms with van der Waals surface area (Å²) >= 11 is 8.25. The molecule has 17 heteroatoms. The fourth-order valence-electron chi connectivity index (χ4n) is 3.46. The number of hydrogen-bond donors (Lipinski definition) is 1. The zero-order valence-electron chi connectivity index (χ0n) is 19.9. The molecule has 2 amide bonds. The summed E-state index contributed by atoms with van der Waals surface area (Å²) in [5.74, 6) is -8.23. The summed E-state index contributed by atoms with van der Waals surface area (Å²) in [6, 6.07) is 8.61. The Morgan fingerprint density at radius 1 is 0.854 bits per heavy atom. The molecule has 41 heavy (non-hydrogen) atoms. The van der Waals surface area contributed by atoms with Crippen molar-refractivity contribution in [3.05, 3.63) is 83.7 Å².